The first kappa shape index (κ1) is 18.4. The molecule has 0 aliphatic carbocycles. The number of esters is 1. The van der Waals surface area contributed by atoms with Gasteiger partial charge in [-0.25, -0.2) is 4.79 Å². The van der Waals surface area contributed by atoms with Gasteiger partial charge in [-0.1, -0.05) is 6.07 Å². The molecular weight excluding hydrogens is 348 g/mol. The summed E-state index contributed by atoms with van der Waals surface area (Å²) in [6.45, 7) is 0. The molecule has 0 atom stereocenters. The van der Waals surface area contributed by atoms with Gasteiger partial charge in [-0.05, 0) is 48.0 Å². The molecule has 0 fully saturated rings. The van der Waals surface area contributed by atoms with Gasteiger partial charge in [0.1, 0.15) is 5.76 Å². The van der Waals surface area contributed by atoms with E-state index >= 15 is 0 Å². The summed E-state index contributed by atoms with van der Waals surface area (Å²) < 4.78 is 26.5. The van der Waals surface area contributed by atoms with Crippen molar-refractivity contribution < 1.29 is 28.5 Å². The molecule has 2 aromatic carbocycles. The quantitative estimate of drug-likeness (QED) is 0.572. The molecule has 6 heteroatoms. The molecule has 0 radical (unpaired) electrons. The average molecular weight is 368 g/mol. The summed E-state index contributed by atoms with van der Waals surface area (Å²) in [5.74, 6) is 2.40. The number of rotatable bonds is 6. The molecule has 0 spiro atoms. The number of hydrogen-bond acceptors (Lipinski definition) is 6. The number of cyclic esters (lactones) is 1. The highest BCUT2D eigenvalue weighted by Gasteiger charge is 2.23. The zero-order chi connectivity index (χ0) is 19.4. The van der Waals surface area contributed by atoms with Crippen LogP contribution >= 0.6 is 0 Å². The molecule has 0 saturated heterocycles. The molecule has 6 nitrogen and oxygen atoms in total. The van der Waals surface area contributed by atoms with Crippen molar-refractivity contribution in [2.24, 2.45) is 0 Å². The van der Waals surface area contributed by atoms with E-state index in [1.807, 2.05) is 6.07 Å². The van der Waals surface area contributed by atoms with Crippen molar-refractivity contribution in [2.75, 3.05) is 28.4 Å². The van der Waals surface area contributed by atoms with Crippen molar-refractivity contribution >= 4 is 17.8 Å². The molecule has 0 saturated carbocycles. The molecule has 27 heavy (non-hydrogen) atoms. The molecule has 0 aromatic heterocycles. The van der Waals surface area contributed by atoms with Gasteiger partial charge in [0.15, 0.2) is 23.0 Å². The second kappa shape index (κ2) is 7.86. The fourth-order valence-corrected chi connectivity index (χ4v) is 2.74. The van der Waals surface area contributed by atoms with Gasteiger partial charge in [-0.3, -0.25) is 0 Å². The van der Waals surface area contributed by atoms with E-state index in [1.54, 1.807) is 70.9 Å². The largest absolute Gasteiger partial charge is 0.493 e. The van der Waals surface area contributed by atoms with Crippen molar-refractivity contribution in [3.8, 4) is 23.0 Å². The maximum Gasteiger partial charge on any atom is 0.343 e. The second-order valence-electron chi connectivity index (χ2n) is 5.68. The summed E-state index contributed by atoms with van der Waals surface area (Å²) in [6.07, 6.45) is 3.43. The van der Waals surface area contributed by atoms with Crippen LogP contribution < -0.4 is 18.9 Å². The van der Waals surface area contributed by atoms with Crippen LogP contribution in [0.5, 0.6) is 23.0 Å². The van der Waals surface area contributed by atoms with Crippen LogP contribution in [0, 0.1) is 0 Å². The lowest BCUT2D eigenvalue weighted by Gasteiger charge is -2.09. The summed E-state index contributed by atoms with van der Waals surface area (Å²) in [4.78, 5) is 12.3. The predicted octanol–water partition coefficient (Wildman–Crippen LogP) is 3.70. The maximum absolute atomic E-state index is 12.3. The Morgan fingerprint density at radius 2 is 1.37 bits per heavy atom. The molecule has 1 aliphatic heterocycles. The van der Waals surface area contributed by atoms with Crippen LogP contribution in [0.25, 0.3) is 11.8 Å². The molecule has 1 heterocycles. The summed E-state index contributed by atoms with van der Waals surface area (Å²) in [7, 11) is 6.26. The van der Waals surface area contributed by atoms with Crippen LogP contribution in [-0.2, 0) is 9.53 Å². The molecule has 0 unspecified atom stereocenters. The van der Waals surface area contributed by atoms with E-state index in [4.69, 9.17) is 23.7 Å². The van der Waals surface area contributed by atoms with Crippen LogP contribution in [0.1, 0.15) is 11.1 Å². The highest BCUT2D eigenvalue weighted by molar-refractivity contribution is 6.05. The molecule has 1 aliphatic rings. The Hall–Kier alpha value is -3.41. The lowest BCUT2D eigenvalue weighted by Crippen LogP contribution is -1.98. The minimum Gasteiger partial charge on any atom is -0.493 e. The highest BCUT2D eigenvalue weighted by Crippen LogP contribution is 2.34. The second-order valence-corrected chi connectivity index (χ2v) is 5.68. The maximum atomic E-state index is 12.3. The number of benzene rings is 2. The van der Waals surface area contributed by atoms with Crippen molar-refractivity contribution in [1.29, 1.82) is 0 Å². The van der Waals surface area contributed by atoms with E-state index in [2.05, 4.69) is 0 Å². The lowest BCUT2D eigenvalue weighted by atomic mass is 10.1. The fourth-order valence-electron chi connectivity index (χ4n) is 2.74. The standard InChI is InChI=1S/C21H20O6/c1-23-16-7-5-13(10-19(16)25-3)9-15-12-18(27-21(15)22)14-6-8-17(24-2)20(11-14)26-4/h5-12H,1-4H3. The van der Waals surface area contributed by atoms with Crippen LogP contribution in [0.2, 0.25) is 0 Å². The van der Waals surface area contributed by atoms with Gasteiger partial charge in [0.2, 0.25) is 0 Å². The molecule has 3 rings (SSSR count). The van der Waals surface area contributed by atoms with E-state index in [1.165, 1.54) is 0 Å². The Morgan fingerprint density at radius 3 is 2.00 bits per heavy atom. The number of methoxy groups -OCH3 is 4. The average Bonchev–Trinajstić information content (AvgIpc) is 3.07. The summed E-state index contributed by atoms with van der Waals surface area (Å²) >= 11 is 0. The first-order valence-electron chi connectivity index (χ1n) is 8.19. The van der Waals surface area contributed by atoms with Gasteiger partial charge in [-0.15, -0.1) is 0 Å². The van der Waals surface area contributed by atoms with Crippen LogP contribution in [0.15, 0.2) is 48.0 Å². The first-order chi connectivity index (χ1) is 13.1. The van der Waals surface area contributed by atoms with Gasteiger partial charge < -0.3 is 23.7 Å². The van der Waals surface area contributed by atoms with Gasteiger partial charge in [0, 0.05) is 5.56 Å². The van der Waals surface area contributed by atoms with E-state index in [9.17, 15) is 4.79 Å². The minimum atomic E-state index is -0.422. The number of carbonyl (C=O) groups excluding carboxylic acids is 1. The Bertz CT molecular complexity index is 926. The monoisotopic (exact) mass is 368 g/mol. The molecule has 140 valence electrons. The van der Waals surface area contributed by atoms with Gasteiger partial charge in [-0.2, -0.15) is 0 Å². The highest BCUT2D eigenvalue weighted by atomic mass is 16.5. The number of hydrogen-bond donors (Lipinski definition) is 0. The third-order valence-electron chi connectivity index (χ3n) is 4.12. The first-order valence-corrected chi connectivity index (χ1v) is 8.19. The zero-order valence-electron chi connectivity index (χ0n) is 15.6. The molecule has 0 N–H and O–H groups in total. The lowest BCUT2D eigenvalue weighted by molar-refractivity contribution is -0.130. The number of ether oxygens (including phenoxy) is 5. The third kappa shape index (κ3) is 3.74. The van der Waals surface area contributed by atoms with Gasteiger partial charge in [0.25, 0.3) is 0 Å². The summed E-state index contributed by atoms with van der Waals surface area (Å²) in [5.41, 5.74) is 1.95. The smallest absolute Gasteiger partial charge is 0.343 e. The van der Waals surface area contributed by atoms with Crippen molar-refractivity contribution in [2.45, 2.75) is 0 Å². The topological polar surface area (TPSA) is 63.2 Å². The normalized spacial score (nSPS) is 14.6. The summed E-state index contributed by atoms with van der Waals surface area (Å²) in [6, 6.07) is 10.7. The van der Waals surface area contributed by atoms with Gasteiger partial charge >= 0.3 is 5.97 Å². The zero-order valence-corrected chi connectivity index (χ0v) is 15.6. The summed E-state index contributed by atoms with van der Waals surface area (Å²) in [5, 5.41) is 0. The molecule has 0 bridgehead atoms. The van der Waals surface area contributed by atoms with E-state index in [-0.39, 0.29) is 0 Å². The van der Waals surface area contributed by atoms with Crippen molar-refractivity contribution in [1.82, 2.24) is 0 Å². The third-order valence-corrected chi connectivity index (χ3v) is 4.12. The predicted molar refractivity (Wildman–Crippen MR) is 101 cm³/mol. The van der Waals surface area contributed by atoms with Gasteiger partial charge in [0.05, 0.1) is 34.0 Å². The Morgan fingerprint density at radius 1 is 0.778 bits per heavy atom. The van der Waals surface area contributed by atoms with Crippen LogP contribution in [0.3, 0.4) is 0 Å². The SMILES string of the molecule is COc1ccc(C=C2C=C(c3ccc(OC)c(OC)c3)OC2=O)cc1OC. The van der Waals surface area contributed by atoms with Crippen molar-refractivity contribution in [3.63, 3.8) is 0 Å². The Balaban J connectivity index is 1.93. The van der Waals surface area contributed by atoms with Crippen molar-refractivity contribution in [3.05, 3.63) is 59.2 Å². The number of carbonyl (C=O) groups is 1. The Kier molecular flexibility index (Phi) is 5.35. The molecule has 0 amide bonds. The van der Waals surface area contributed by atoms with Crippen LogP contribution in [-0.4, -0.2) is 34.4 Å². The minimum absolute atomic E-state index is 0.422. The van der Waals surface area contributed by atoms with Crippen LogP contribution in [0.4, 0.5) is 0 Å². The van der Waals surface area contributed by atoms with E-state index < -0.39 is 5.97 Å². The fraction of sp³-hybridized carbons (Fsp3) is 0.190. The van der Waals surface area contributed by atoms with E-state index in [0.29, 0.717) is 34.3 Å². The Labute approximate surface area is 157 Å². The molecule has 2 aromatic rings. The molecular formula is C21H20O6. The van der Waals surface area contributed by atoms with E-state index in [0.717, 1.165) is 11.1 Å².